The van der Waals surface area contributed by atoms with E-state index in [-0.39, 0.29) is 0 Å². The van der Waals surface area contributed by atoms with Gasteiger partial charge in [0.05, 0.1) is 23.3 Å². The summed E-state index contributed by atoms with van der Waals surface area (Å²) in [5.74, 6) is 1.62. The fourth-order valence-corrected chi connectivity index (χ4v) is 9.60. The molecule has 12 rings (SSSR count). The maximum absolute atomic E-state index is 10.6. The van der Waals surface area contributed by atoms with Crippen LogP contribution in [0.5, 0.6) is 0 Å². The van der Waals surface area contributed by atoms with Crippen LogP contribution in [0.4, 0.5) is 0 Å². The highest BCUT2D eigenvalue weighted by Crippen LogP contribution is 2.51. The smallest absolute Gasteiger partial charge is 0.164 e. The molecule has 5 heteroatoms. The van der Waals surface area contributed by atoms with Gasteiger partial charge in [0.2, 0.25) is 0 Å². The summed E-state index contributed by atoms with van der Waals surface area (Å²) in [5, 5.41) is 22.5. The Morgan fingerprint density at radius 1 is 0.279 bits per heavy atom. The van der Waals surface area contributed by atoms with Gasteiger partial charge in [-0.15, -0.1) is 0 Å². The van der Waals surface area contributed by atoms with Gasteiger partial charge in [0.1, 0.15) is 0 Å². The van der Waals surface area contributed by atoms with Crippen LogP contribution in [-0.4, -0.2) is 15.0 Å². The Morgan fingerprint density at radius 2 is 0.750 bits per heavy atom. The van der Waals surface area contributed by atoms with Crippen LogP contribution in [0.15, 0.2) is 224 Å². The van der Waals surface area contributed by atoms with Crippen LogP contribution >= 0.6 is 0 Å². The molecule has 0 saturated carbocycles. The third-order valence-corrected chi connectivity index (χ3v) is 13.0. The van der Waals surface area contributed by atoms with Crippen molar-refractivity contribution >= 4 is 10.8 Å². The molecule has 0 bridgehead atoms. The predicted molar refractivity (Wildman–Crippen MR) is 275 cm³/mol. The molecule has 0 radical (unpaired) electrons. The zero-order valence-corrected chi connectivity index (χ0v) is 36.6. The van der Waals surface area contributed by atoms with E-state index in [9.17, 15) is 10.5 Å². The molecule has 0 aliphatic heterocycles. The minimum Gasteiger partial charge on any atom is -0.208 e. The summed E-state index contributed by atoms with van der Waals surface area (Å²) in [7, 11) is 0. The number of rotatable bonds is 8. The number of hydrogen-bond acceptors (Lipinski definition) is 5. The van der Waals surface area contributed by atoms with Crippen LogP contribution in [0.25, 0.3) is 123 Å². The number of fused-ring (bicyclic) bond motifs is 3. The molecule has 0 unspecified atom stereocenters. The second-order valence-electron chi connectivity index (χ2n) is 17.0. The largest absolute Gasteiger partial charge is 0.208 e. The Bertz CT molecular complexity index is 3860. The number of aromatic nitrogens is 3. The molecule has 0 amide bonds. The highest BCUT2D eigenvalue weighted by Gasteiger charge is 2.24. The maximum atomic E-state index is 10.6. The van der Waals surface area contributed by atoms with Crippen molar-refractivity contribution in [3.8, 4) is 124 Å². The van der Waals surface area contributed by atoms with Crippen LogP contribution in [0.1, 0.15) is 11.1 Å². The van der Waals surface area contributed by atoms with Crippen molar-refractivity contribution in [1.82, 2.24) is 15.0 Å². The second-order valence-corrected chi connectivity index (χ2v) is 17.0. The average molecular weight is 864 g/mol. The van der Waals surface area contributed by atoms with Gasteiger partial charge in [-0.05, 0) is 125 Å². The molecular formula is C63H37N5. The summed E-state index contributed by atoms with van der Waals surface area (Å²) in [6, 6.07) is 81.6. The zero-order valence-electron chi connectivity index (χ0n) is 36.6. The molecule has 0 saturated heterocycles. The Labute approximate surface area is 394 Å². The zero-order chi connectivity index (χ0) is 45.6. The van der Waals surface area contributed by atoms with Crippen molar-refractivity contribution in [2.45, 2.75) is 0 Å². The molecule has 0 fully saturated rings. The first-order valence-electron chi connectivity index (χ1n) is 22.5. The molecule has 68 heavy (non-hydrogen) atoms. The molecule has 314 valence electrons. The number of nitrogens with zero attached hydrogens (tertiary/aromatic N) is 5. The Morgan fingerprint density at radius 3 is 1.43 bits per heavy atom. The summed E-state index contributed by atoms with van der Waals surface area (Å²) in [5.41, 5.74) is 19.2. The van der Waals surface area contributed by atoms with Crippen LogP contribution in [0, 0.1) is 22.7 Å². The highest BCUT2D eigenvalue weighted by molar-refractivity contribution is 6.19. The Balaban J connectivity index is 0.852. The van der Waals surface area contributed by atoms with Crippen LogP contribution in [0.3, 0.4) is 0 Å². The lowest BCUT2D eigenvalue weighted by Gasteiger charge is -2.13. The van der Waals surface area contributed by atoms with Gasteiger partial charge in [-0.1, -0.05) is 188 Å². The van der Waals surface area contributed by atoms with Crippen molar-refractivity contribution in [2.75, 3.05) is 0 Å². The number of hydrogen-bond donors (Lipinski definition) is 0. The molecule has 1 heterocycles. The van der Waals surface area contributed by atoms with Gasteiger partial charge >= 0.3 is 0 Å². The molecule has 5 nitrogen and oxygen atoms in total. The minimum atomic E-state index is 0.523. The van der Waals surface area contributed by atoms with Gasteiger partial charge in [0, 0.05) is 16.7 Å². The van der Waals surface area contributed by atoms with Gasteiger partial charge < -0.3 is 0 Å². The van der Waals surface area contributed by atoms with Gasteiger partial charge in [-0.3, -0.25) is 0 Å². The highest BCUT2D eigenvalue weighted by atomic mass is 15.0. The van der Waals surface area contributed by atoms with E-state index < -0.39 is 0 Å². The van der Waals surface area contributed by atoms with Crippen molar-refractivity contribution in [3.63, 3.8) is 0 Å². The van der Waals surface area contributed by atoms with E-state index >= 15 is 0 Å². The van der Waals surface area contributed by atoms with Gasteiger partial charge in [0.25, 0.3) is 0 Å². The Hall–Kier alpha value is -9.55. The quantitative estimate of drug-likeness (QED) is 0.152. The molecular weight excluding hydrogens is 827 g/mol. The van der Waals surface area contributed by atoms with Crippen molar-refractivity contribution < 1.29 is 0 Å². The average Bonchev–Trinajstić information content (AvgIpc) is 3.76. The van der Waals surface area contributed by atoms with Gasteiger partial charge in [-0.2, -0.15) is 10.5 Å². The summed E-state index contributed by atoms with van der Waals surface area (Å²) in [6.07, 6.45) is 0. The molecule has 0 atom stereocenters. The first-order chi connectivity index (χ1) is 33.6. The van der Waals surface area contributed by atoms with E-state index in [1.165, 1.54) is 44.2 Å². The molecule has 1 aromatic heterocycles. The Kier molecular flexibility index (Phi) is 9.87. The van der Waals surface area contributed by atoms with Crippen molar-refractivity contribution in [2.24, 2.45) is 0 Å². The maximum Gasteiger partial charge on any atom is 0.164 e. The SMILES string of the molecule is N#Cc1ccc(-c2cccc(-c3nc(-c4ccccc4)nc(-c4cccc(-c5ccc(-c6cccc(-c7ccc(-c8ccc9cccc%10c9c8-c8ccccc8-%10)cc7)c6)cc5C#N)c4)n3)c2)cc1. The first kappa shape index (κ1) is 40.0. The molecule has 11 aromatic rings. The minimum absolute atomic E-state index is 0.523. The molecule has 0 spiro atoms. The predicted octanol–water partition coefficient (Wildman–Crippen LogP) is 15.8. The topological polar surface area (TPSA) is 86.2 Å². The molecule has 1 aliphatic rings. The van der Waals surface area contributed by atoms with E-state index in [1.807, 2.05) is 109 Å². The molecule has 10 aromatic carbocycles. The van der Waals surface area contributed by atoms with Crippen molar-refractivity contribution in [1.29, 1.82) is 10.5 Å². The lowest BCUT2D eigenvalue weighted by atomic mass is 9.91. The third kappa shape index (κ3) is 7.18. The summed E-state index contributed by atoms with van der Waals surface area (Å²) < 4.78 is 0. The second kappa shape index (κ2) is 16.8. The van der Waals surface area contributed by atoms with Gasteiger partial charge in [-0.25, -0.2) is 15.0 Å². The summed E-state index contributed by atoms with van der Waals surface area (Å²) in [4.78, 5) is 15.0. The van der Waals surface area contributed by atoms with E-state index in [4.69, 9.17) is 15.0 Å². The van der Waals surface area contributed by atoms with Crippen LogP contribution in [0.2, 0.25) is 0 Å². The lowest BCUT2D eigenvalue weighted by molar-refractivity contribution is 1.07. The standard InChI is InChI=1S/C63H37N5/c64-38-40-22-24-41(25-23-40)47-14-7-17-51(35-47)62-66-61(45-10-2-1-3-11-45)67-63(68-62)52-18-8-16-50(37-52)54-32-31-49(36-53(54)39-65)48-15-6-13-46(34-48)42-26-28-43(29-27-42)55-33-30-44-12-9-21-57-56-19-4-5-20-58(56)60(55)59(44)57/h1-37H. The van der Waals surface area contributed by atoms with Gasteiger partial charge in [0.15, 0.2) is 17.5 Å². The van der Waals surface area contributed by atoms with Crippen LogP contribution < -0.4 is 0 Å². The molecule has 1 aliphatic carbocycles. The van der Waals surface area contributed by atoms with E-state index in [0.29, 0.717) is 28.6 Å². The lowest BCUT2D eigenvalue weighted by Crippen LogP contribution is -2.00. The fourth-order valence-electron chi connectivity index (χ4n) is 9.60. The monoisotopic (exact) mass is 863 g/mol. The van der Waals surface area contributed by atoms with Crippen LogP contribution in [-0.2, 0) is 0 Å². The molecule has 0 N–H and O–H groups in total. The number of nitriles is 2. The fraction of sp³-hybridized carbons (Fsp3) is 0. The number of benzene rings is 10. The van der Waals surface area contributed by atoms with E-state index in [1.54, 1.807) is 0 Å². The summed E-state index contributed by atoms with van der Waals surface area (Å²) >= 11 is 0. The third-order valence-electron chi connectivity index (χ3n) is 13.0. The first-order valence-corrected chi connectivity index (χ1v) is 22.5. The van der Waals surface area contributed by atoms with E-state index in [2.05, 4.69) is 127 Å². The summed E-state index contributed by atoms with van der Waals surface area (Å²) in [6.45, 7) is 0. The van der Waals surface area contributed by atoms with E-state index in [0.717, 1.165) is 61.2 Å². The van der Waals surface area contributed by atoms with Crippen molar-refractivity contribution in [3.05, 3.63) is 236 Å². The normalized spacial score (nSPS) is 11.2.